The maximum absolute atomic E-state index is 13.7. The quantitative estimate of drug-likeness (QED) is 0.722. The van der Waals surface area contributed by atoms with Crippen LogP contribution in [-0.2, 0) is 19.1 Å². The lowest BCUT2D eigenvalue weighted by Gasteiger charge is -2.33. The van der Waals surface area contributed by atoms with E-state index in [1.165, 1.54) is 0 Å². The lowest BCUT2D eigenvalue weighted by Crippen LogP contribution is -2.39. The zero-order valence-electron chi connectivity index (χ0n) is 17.2. The number of hydrogen-bond donors (Lipinski definition) is 1. The molecule has 0 atom stereocenters. The molecule has 2 aliphatic heterocycles. The summed E-state index contributed by atoms with van der Waals surface area (Å²) in [5.41, 5.74) is 2.29. The summed E-state index contributed by atoms with van der Waals surface area (Å²) in [5.74, 6) is -1.35. The van der Waals surface area contributed by atoms with Crippen LogP contribution < -0.4 is 0 Å². The van der Waals surface area contributed by atoms with Crippen LogP contribution in [0.3, 0.4) is 0 Å². The summed E-state index contributed by atoms with van der Waals surface area (Å²) in [7, 11) is 0. The number of hydrogen-bond acceptors (Lipinski definition) is 3. The molecule has 1 aromatic heterocycles. The second-order valence-corrected chi connectivity index (χ2v) is 8.23. The van der Waals surface area contributed by atoms with E-state index in [4.69, 9.17) is 0 Å². The fourth-order valence-corrected chi connectivity index (χ4v) is 4.49. The number of fused-ring (bicyclic) bond motifs is 1. The molecule has 1 N–H and O–H groups in total. The molecule has 3 heterocycles. The van der Waals surface area contributed by atoms with E-state index in [2.05, 4.69) is 21.7 Å². The second-order valence-electron chi connectivity index (χ2n) is 8.23. The van der Waals surface area contributed by atoms with Gasteiger partial charge < -0.3 is 9.80 Å². The number of likely N-dealkylation sites (tertiary alicyclic amines) is 1. The minimum atomic E-state index is -4.54. The fourth-order valence-electron chi connectivity index (χ4n) is 4.49. The molecule has 0 spiro atoms. The van der Waals surface area contributed by atoms with Crippen LogP contribution in [0, 0.1) is 5.82 Å². The van der Waals surface area contributed by atoms with E-state index in [9.17, 15) is 22.4 Å². The second kappa shape index (κ2) is 8.01. The lowest BCUT2D eigenvalue weighted by atomic mass is 9.86. The van der Waals surface area contributed by atoms with E-state index in [-0.39, 0.29) is 11.5 Å². The molecule has 1 aromatic carbocycles. The smallest absolute Gasteiger partial charge is 0.369 e. The van der Waals surface area contributed by atoms with Gasteiger partial charge in [-0.2, -0.15) is 18.3 Å². The summed E-state index contributed by atoms with van der Waals surface area (Å²) in [6, 6.07) is 2.61. The topological polar surface area (TPSA) is 52.2 Å². The Morgan fingerprint density at radius 2 is 1.90 bits per heavy atom. The zero-order valence-corrected chi connectivity index (χ0v) is 17.2. The molecule has 4 rings (SSSR count). The Kier molecular flexibility index (Phi) is 5.53. The van der Waals surface area contributed by atoms with Crippen molar-refractivity contribution in [1.82, 2.24) is 20.0 Å². The third-order valence-electron chi connectivity index (χ3n) is 6.22. The number of rotatable bonds is 3. The summed E-state index contributed by atoms with van der Waals surface area (Å²) in [5, 5.41) is 7.18. The van der Waals surface area contributed by atoms with Crippen LogP contribution in [0.5, 0.6) is 0 Å². The first-order chi connectivity index (χ1) is 14.6. The molecule has 1 saturated heterocycles. The minimum Gasteiger partial charge on any atom is -0.369 e. The van der Waals surface area contributed by atoms with Crippen molar-refractivity contribution in [3.05, 3.63) is 64.4 Å². The number of alkyl halides is 3. The van der Waals surface area contributed by atoms with Gasteiger partial charge in [-0.05, 0) is 55.9 Å². The van der Waals surface area contributed by atoms with E-state index in [1.807, 2.05) is 6.92 Å². The first kappa shape index (κ1) is 21.4. The van der Waals surface area contributed by atoms with Gasteiger partial charge in [0.25, 0.3) is 5.91 Å². The van der Waals surface area contributed by atoms with Crippen molar-refractivity contribution in [2.45, 2.75) is 44.8 Å². The summed E-state index contributed by atoms with van der Waals surface area (Å²) in [4.78, 5) is 16.8. The lowest BCUT2D eigenvalue weighted by molar-refractivity contribution is -0.138. The average Bonchev–Trinajstić information content (AvgIpc) is 3.15. The third kappa shape index (κ3) is 4.18. The van der Waals surface area contributed by atoms with E-state index in [0.29, 0.717) is 44.6 Å². The van der Waals surface area contributed by atoms with Crippen molar-refractivity contribution < 1.29 is 22.4 Å². The van der Waals surface area contributed by atoms with Gasteiger partial charge in [-0.1, -0.05) is 6.58 Å². The average molecular weight is 436 g/mol. The normalized spacial score (nSPS) is 17.6. The summed E-state index contributed by atoms with van der Waals surface area (Å²) in [6.45, 7) is 7.86. The van der Waals surface area contributed by atoms with E-state index < -0.39 is 23.5 Å². The van der Waals surface area contributed by atoms with Crippen molar-refractivity contribution >= 4 is 5.91 Å². The van der Waals surface area contributed by atoms with Gasteiger partial charge in [-0.15, -0.1) is 0 Å². The van der Waals surface area contributed by atoms with Crippen molar-refractivity contribution in [2.24, 2.45) is 0 Å². The number of piperidine rings is 1. The van der Waals surface area contributed by atoms with E-state index in [0.717, 1.165) is 41.7 Å². The molecule has 1 fully saturated rings. The number of amides is 1. The highest BCUT2D eigenvalue weighted by atomic mass is 19.4. The number of benzene rings is 1. The van der Waals surface area contributed by atoms with Gasteiger partial charge in [0.05, 0.1) is 17.8 Å². The molecular weight excluding hydrogens is 412 g/mol. The first-order valence-corrected chi connectivity index (χ1v) is 10.3. The standard InChI is InChI=1S/C22H24F4N4O/c1-13(2)30-10-7-16-19(12-30)27-28-20(16)21(31)29-8-5-14(6-9-29)17-11-15(23)3-4-18(17)22(24,25)26/h3-4,11,14H,1,5-10,12H2,2H3,(H,27,28). The Bertz CT molecular complexity index is 1010. The van der Waals surface area contributed by atoms with E-state index >= 15 is 0 Å². The van der Waals surface area contributed by atoms with Crippen molar-refractivity contribution in [2.75, 3.05) is 19.6 Å². The van der Waals surface area contributed by atoms with Gasteiger partial charge in [0.2, 0.25) is 0 Å². The van der Waals surface area contributed by atoms with Gasteiger partial charge >= 0.3 is 6.18 Å². The van der Waals surface area contributed by atoms with Crippen LogP contribution in [0.15, 0.2) is 30.5 Å². The van der Waals surface area contributed by atoms with Crippen LogP contribution >= 0.6 is 0 Å². The SMILES string of the molecule is C=C(C)N1CCc2c(C(=O)N3CCC(c4cc(F)ccc4C(F)(F)F)CC3)n[nH]c2C1. The largest absolute Gasteiger partial charge is 0.416 e. The Morgan fingerprint density at radius 1 is 1.19 bits per heavy atom. The summed E-state index contributed by atoms with van der Waals surface area (Å²) < 4.78 is 53.7. The molecule has 9 heteroatoms. The molecule has 5 nitrogen and oxygen atoms in total. The molecule has 2 aliphatic rings. The van der Waals surface area contributed by atoms with Gasteiger partial charge in [-0.3, -0.25) is 9.89 Å². The molecule has 0 bridgehead atoms. The number of H-pyrrole nitrogens is 1. The van der Waals surface area contributed by atoms with Gasteiger partial charge in [0.15, 0.2) is 5.69 Å². The van der Waals surface area contributed by atoms with Crippen molar-refractivity contribution in [3.8, 4) is 0 Å². The summed E-state index contributed by atoms with van der Waals surface area (Å²) >= 11 is 0. The number of nitrogens with one attached hydrogen (secondary N) is 1. The van der Waals surface area contributed by atoms with Crippen LogP contribution in [0.4, 0.5) is 17.6 Å². The number of halogens is 4. The number of carbonyl (C=O) groups is 1. The predicted molar refractivity (Wildman–Crippen MR) is 107 cm³/mol. The molecule has 0 unspecified atom stereocenters. The first-order valence-electron chi connectivity index (χ1n) is 10.3. The number of allylic oxidation sites excluding steroid dienone is 1. The van der Waals surface area contributed by atoms with Crippen LogP contribution in [0.1, 0.15) is 58.6 Å². The number of aromatic nitrogens is 2. The van der Waals surface area contributed by atoms with Gasteiger partial charge in [-0.25, -0.2) is 4.39 Å². The molecule has 2 aromatic rings. The Hall–Kier alpha value is -2.84. The molecule has 0 saturated carbocycles. The van der Waals surface area contributed by atoms with E-state index in [1.54, 1.807) is 4.90 Å². The maximum Gasteiger partial charge on any atom is 0.416 e. The van der Waals surface area contributed by atoms with Crippen LogP contribution in [-0.4, -0.2) is 45.5 Å². The monoisotopic (exact) mass is 436 g/mol. The van der Waals surface area contributed by atoms with Crippen LogP contribution in [0.2, 0.25) is 0 Å². The zero-order chi connectivity index (χ0) is 22.3. The number of aromatic amines is 1. The van der Waals surface area contributed by atoms with Crippen molar-refractivity contribution in [3.63, 3.8) is 0 Å². The Balaban J connectivity index is 1.47. The van der Waals surface area contributed by atoms with Gasteiger partial charge in [0, 0.05) is 30.9 Å². The number of nitrogens with zero attached hydrogens (tertiary/aromatic N) is 3. The minimum absolute atomic E-state index is 0.0309. The van der Waals surface area contributed by atoms with Gasteiger partial charge in [0.1, 0.15) is 5.82 Å². The summed E-state index contributed by atoms with van der Waals surface area (Å²) in [6.07, 6.45) is -3.18. The van der Waals surface area contributed by atoms with Crippen LogP contribution in [0.25, 0.3) is 0 Å². The molecule has 31 heavy (non-hydrogen) atoms. The molecule has 0 radical (unpaired) electrons. The highest BCUT2D eigenvalue weighted by Gasteiger charge is 2.37. The number of carbonyl (C=O) groups excluding carboxylic acids is 1. The highest BCUT2D eigenvalue weighted by Crippen LogP contribution is 2.39. The molecular formula is C22H24F4N4O. The maximum atomic E-state index is 13.7. The predicted octanol–water partition coefficient (Wildman–Crippen LogP) is 4.48. The molecule has 1 amide bonds. The molecule has 0 aliphatic carbocycles. The van der Waals surface area contributed by atoms with Crippen molar-refractivity contribution in [1.29, 1.82) is 0 Å². The third-order valence-corrected chi connectivity index (χ3v) is 6.22. The Morgan fingerprint density at radius 3 is 2.55 bits per heavy atom. The fraction of sp³-hybridized carbons (Fsp3) is 0.455. The molecule has 166 valence electrons. The Labute approximate surface area is 177 Å². The highest BCUT2D eigenvalue weighted by molar-refractivity contribution is 5.94.